The number of anilines is 1. The molecule has 0 saturated carbocycles. The van der Waals surface area contributed by atoms with Crippen LogP contribution in [0, 0.1) is 0 Å². The number of aromatic hydroxyl groups is 1. The molecule has 3 aromatic rings. The largest absolute Gasteiger partial charge is 0.497 e. The molecule has 2 heterocycles. The van der Waals surface area contributed by atoms with Crippen LogP contribution in [0.15, 0.2) is 29.6 Å². The fourth-order valence-corrected chi connectivity index (χ4v) is 3.45. The molecule has 0 unspecified atom stereocenters. The molecule has 23 heavy (non-hydrogen) atoms. The summed E-state index contributed by atoms with van der Waals surface area (Å²) in [7, 11) is 1.62. The number of fused-ring (bicyclic) bond motifs is 1. The van der Waals surface area contributed by atoms with Crippen molar-refractivity contribution < 1.29 is 9.84 Å². The molecule has 0 spiro atoms. The number of nitrogens with zero attached hydrogens (tertiary/aromatic N) is 3. The number of methoxy groups -OCH3 is 1. The lowest BCUT2D eigenvalue weighted by Gasteiger charge is -2.16. The molecule has 6 heteroatoms. The molecule has 3 rings (SSSR count). The average molecular weight is 329 g/mol. The minimum atomic E-state index is 0.0116. The van der Waals surface area contributed by atoms with E-state index in [1.807, 2.05) is 29.6 Å². The van der Waals surface area contributed by atoms with Gasteiger partial charge in [-0.1, -0.05) is 0 Å². The van der Waals surface area contributed by atoms with Crippen LogP contribution in [0.5, 0.6) is 11.6 Å². The van der Waals surface area contributed by atoms with Gasteiger partial charge in [0.2, 0.25) is 5.88 Å². The van der Waals surface area contributed by atoms with Gasteiger partial charge in [-0.3, -0.25) is 0 Å². The van der Waals surface area contributed by atoms with E-state index >= 15 is 0 Å². The van der Waals surface area contributed by atoms with E-state index in [1.54, 1.807) is 18.4 Å². The van der Waals surface area contributed by atoms with Gasteiger partial charge in [0.1, 0.15) is 11.4 Å². The Bertz CT molecular complexity index is 828. The molecule has 120 valence electrons. The molecule has 0 saturated heterocycles. The highest BCUT2D eigenvalue weighted by Gasteiger charge is 2.13. The molecular formula is C17H19N3O2S. The summed E-state index contributed by atoms with van der Waals surface area (Å²) >= 11 is 1.59. The molecule has 1 N–H and O–H groups in total. The maximum absolute atomic E-state index is 10.2. The van der Waals surface area contributed by atoms with Crippen molar-refractivity contribution in [1.82, 2.24) is 9.97 Å². The van der Waals surface area contributed by atoms with Crippen molar-refractivity contribution in [3.05, 3.63) is 29.6 Å². The van der Waals surface area contributed by atoms with Gasteiger partial charge in [-0.25, -0.2) is 9.97 Å². The molecule has 0 atom stereocenters. The molecule has 0 aliphatic carbocycles. The van der Waals surface area contributed by atoms with E-state index in [4.69, 9.17) is 4.74 Å². The minimum absolute atomic E-state index is 0.0116. The minimum Gasteiger partial charge on any atom is -0.497 e. The second-order valence-corrected chi connectivity index (χ2v) is 5.94. The van der Waals surface area contributed by atoms with Crippen LogP contribution < -0.4 is 9.64 Å². The van der Waals surface area contributed by atoms with Crippen LogP contribution in [-0.4, -0.2) is 35.3 Å². The van der Waals surface area contributed by atoms with Crippen molar-refractivity contribution in [2.75, 3.05) is 25.1 Å². The Kier molecular flexibility index (Phi) is 4.34. The number of aromatic nitrogens is 2. The van der Waals surface area contributed by atoms with Gasteiger partial charge in [0.25, 0.3) is 0 Å². The molecule has 0 bridgehead atoms. The molecule has 5 nitrogen and oxygen atoms in total. The van der Waals surface area contributed by atoms with Crippen LogP contribution in [0.1, 0.15) is 13.8 Å². The Morgan fingerprint density at radius 1 is 1.13 bits per heavy atom. The Balaban J connectivity index is 2.06. The van der Waals surface area contributed by atoms with E-state index in [0.29, 0.717) is 11.1 Å². The summed E-state index contributed by atoms with van der Waals surface area (Å²) in [6.45, 7) is 6.04. The topological polar surface area (TPSA) is 58.5 Å². The van der Waals surface area contributed by atoms with Gasteiger partial charge in [0, 0.05) is 23.9 Å². The predicted molar refractivity (Wildman–Crippen MR) is 94.6 cm³/mol. The summed E-state index contributed by atoms with van der Waals surface area (Å²) in [5.41, 5.74) is 1.44. The fourth-order valence-electron chi connectivity index (χ4n) is 2.50. The first kappa shape index (κ1) is 15.6. The van der Waals surface area contributed by atoms with Gasteiger partial charge in [-0.2, -0.15) is 0 Å². The first-order valence-corrected chi connectivity index (χ1v) is 8.42. The average Bonchev–Trinajstić information content (AvgIpc) is 3.05. The first-order chi connectivity index (χ1) is 11.2. The standard InChI is InChI=1S/C17H19N3O2S/c1-4-20(5-2)17-19-15(10-23-17)14-9-11-8-12(22-3)6-7-13(11)16(21)18-14/h6-10H,4-5H2,1-3H3,(H,18,21). The van der Waals surface area contributed by atoms with Crippen molar-refractivity contribution in [3.63, 3.8) is 0 Å². The van der Waals surface area contributed by atoms with Gasteiger partial charge >= 0.3 is 0 Å². The van der Waals surface area contributed by atoms with E-state index in [0.717, 1.165) is 35.1 Å². The summed E-state index contributed by atoms with van der Waals surface area (Å²) in [6.07, 6.45) is 0. The van der Waals surface area contributed by atoms with E-state index in [-0.39, 0.29) is 5.88 Å². The van der Waals surface area contributed by atoms with Gasteiger partial charge in [-0.05, 0) is 43.5 Å². The highest BCUT2D eigenvalue weighted by Crippen LogP contribution is 2.32. The second kappa shape index (κ2) is 6.42. The normalized spacial score (nSPS) is 10.9. The number of hydrogen-bond donors (Lipinski definition) is 1. The van der Waals surface area contributed by atoms with Gasteiger partial charge in [0.05, 0.1) is 12.8 Å². The Morgan fingerprint density at radius 2 is 1.91 bits per heavy atom. The summed E-state index contributed by atoms with van der Waals surface area (Å²) < 4.78 is 5.25. The molecule has 0 aliphatic heterocycles. The molecule has 0 amide bonds. The Hall–Kier alpha value is -2.34. The quantitative estimate of drug-likeness (QED) is 0.769. The molecule has 0 aliphatic rings. The summed E-state index contributed by atoms with van der Waals surface area (Å²) in [4.78, 5) is 11.1. The number of pyridine rings is 1. The van der Waals surface area contributed by atoms with E-state index in [9.17, 15) is 5.11 Å². The van der Waals surface area contributed by atoms with Crippen molar-refractivity contribution in [2.24, 2.45) is 0 Å². The van der Waals surface area contributed by atoms with E-state index in [1.165, 1.54) is 0 Å². The van der Waals surface area contributed by atoms with Crippen LogP contribution in [-0.2, 0) is 0 Å². The van der Waals surface area contributed by atoms with Crippen molar-refractivity contribution in [3.8, 4) is 23.0 Å². The lowest BCUT2D eigenvalue weighted by atomic mass is 10.1. The molecule has 0 fully saturated rings. The SMILES string of the molecule is CCN(CC)c1nc(-c2cc3cc(OC)ccc3c(O)n2)cs1. The van der Waals surface area contributed by atoms with Crippen molar-refractivity contribution >= 4 is 27.2 Å². The molecule has 2 aromatic heterocycles. The van der Waals surface area contributed by atoms with Gasteiger partial charge < -0.3 is 14.7 Å². The van der Waals surface area contributed by atoms with E-state index < -0.39 is 0 Å². The van der Waals surface area contributed by atoms with Gasteiger partial charge in [-0.15, -0.1) is 11.3 Å². The number of benzene rings is 1. The lowest BCUT2D eigenvalue weighted by Crippen LogP contribution is -2.21. The van der Waals surface area contributed by atoms with Crippen LogP contribution in [0.2, 0.25) is 0 Å². The fraction of sp³-hybridized carbons (Fsp3) is 0.294. The zero-order valence-electron chi connectivity index (χ0n) is 13.4. The second-order valence-electron chi connectivity index (χ2n) is 5.11. The number of ether oxygens (including phenoxy) is 1. The molecular weight excluding hydrogens is 310 g/mol. The van der Waals surface area contributed by atoms with Gasteiger partial charge in [0.15, 0.2) is 5.13 Å². The van der Waals surface area contributed by atoms with Crippen molar-refractivity contribution in [2.45, 2.75) is 13.8 Å². The summed E-state index contributed by atoms with van der Waals surface area (Å²) in [6, 6.07) is 7.43. The summed E-state index contributed by atoms with van der Waals surface area (Å²) in [5, 5.41) is 14.7. The Morgan fingerprint density at radius 3 is 2.61 bits per heavy atom. The summed E-state index contributed by atoms with van der Waals surface area (Å²) in [5.74, 6) is 0.758. The molecule has 0 radical (unpaired) electrons. The number of rotatable bonds is 5. The highest BCUT2D eigenvalue weighted by molar-refractivity contribution is 7.14. The lowest BCUT2D eigenvalue weighted by molar-refractivity contribution is 0.415. The van der Waals surface area contributed by atoms with Crippen LogP contribution in [0.4, 0.5) is 5.13 Å². The molecule has 1 aromatic carbocycles. The predicted octanol–water partition coefficient (Wildman–Crippen LogP) is 3.92. The maximum Gasteiger partial charge on any atom is 0.219 e. The van der Waals surface area contributed by atoms with Crippen LogP contribution in [0.3, 0.4) is 0 Å². The Labute approximate surface area is 139 Å². The monoisotopic (exact) mass is 329 g/mol. The smallest absolute Gasteiger partial charge is 0.219 e. The first-order valence-electron chi connectivity index (χ1n) is 7.54. The highest BCUT2D eigenvalue weighted by atomic mass is 32.1. The number of hydrogen-bond acceptors (Lipinski definition) is 6. The van der Waals surface area contributed by atoms with Crippen molar-refractivity contribution in [1.29, 1.82) is 0 Å². The van der Waals surface area contributed by atoms with E-state index in [2.05, 4.69) is 28.7 Å². The third-order valence-electron chi connectivity index (χ3n) is 3.81. The van der Waals surface area contributed by atoms with Crippen LogP contribution >= 0.6 is 11.3 Å². The number of thiazole rings is 1. The third-order valence-corrected chi connectivity index (χ3v) is 4.71. The van der Waals surface area contributed by atoms with Crippen LogP contribution in [0.25, 0.3) is 22.2 Å². The zero-order chi connectivity index (χ0) is 16.4. The maximum atomic E-state index is 10.2. The third kappa shape index (κ3) is 2.94. The zero-order valence-corrected chi connectivity index (χ0v) is 14.2.